The van der Waals surface area contributed by atoms with E-state index in [0.717, 1.165) is 0 Å². The van der Waals surface area contributed by atoms with Gasteiger partial charge >= 0.3 is 0 Å². The molecule has 0 spiro atoms. The van der Waals surface area contributed by atoms with Crippen molar-refractivity contribution in [1.29, 1.82) is 0 Å². The summed E-state index contributed by atoms with van der Waals surface area (Å²) in [4.78, 5) is 18.1. The maximum Gasteiger partial charge on any atom is 0.278 e. The van der Waals surface area contributed by atoms with Gasteiger partial charge in [0.05, 0.1) is 4.90 Å². The highest BCUT2D eigenvalue weighted by atomic mass is 32.2. The van der Waals surface area contributed by atoms with Crippen molar-refractivity contribution in [3.05, 3.63) is 34.6 Å². The van der Waals surface area contributed by atoms with E-state index in [-0.39, 0.29) is 16.4 Å². The van der Waals surface area contributed by atoms with Crippen molar-refractivity contribution in [3.63, 3.8) is 0 Å². The normalized spacial score (nSPS) is 11.3. The van der Waals surface area contributed by atoms with Gasteiger partial charge in [0, 0.05) is 5.69 Å². The largest absolute Gasteiger partial charge is 0.399 e. The lowest BCUT2D eigenvalue weighted by Crippen LogP contribution is -2.23. The number of aromatic amines is 1. The average Bonchev–Trinajstić information content (AvgIpc) is 2.43. The maximum atomic E-state index is 12.2. The molecular weight excluding hydrogens is 314 g/mol. The van der Waals surface area contributed by atoms with Gasteiger partial charge < -0.3 is 11.5 Å². The number of hydrogen-bond acceptors (Lipinski definition) is 7. The summed E-state index contributed by atoms with van der Waals surface area (Å²) in [6, 6.07) is 5.53. The third kappa shape index (κ3) is 3.28. The summed E-state index contributed by atoms with van der Waals surface area (Å²) in [5.74, 6) is -0.192. The molecule has 0 radical (unpaired) electrons. The number of benzene rings is 1. The van der Waals surface area contributed by atoms with Crippen LogP contribution in [0.3, 0.4) is 0 Å². The van der Waals surface area contributed by atoms with E-state index >= 15 is 0 Å². The van der Waals surface area contributed by atoms with Gasteiger partial charge in [0.15, 0.2) is 16.7 Å². The smallest absolute Gasteiger partial charge is 0.278 e. The molecule has 0 aliphatic carbocycles. The zero-order chi connectivity index (χ0) is 15.6. The molecule has 21 heavy (non-hydrogen) atoms. The molecule has 0 atom stereocenters. The molecule has 112 valence electrons. The van der Waals surface area contributed by atoms with Crippen LogP contribution < -0.4 is 21.7 Å². The maximum absolute atomic E-state index is 12.2. The summed E-state index contributed by atoms with van der Waals surface area (Å²) in [7, 11) is -3.95. The molecule has 1 aromatic heterocycles. The Kier molecular flexibility index (Phi) is 4.09. The molecule has 0 unspecified atom stereocenters. The second-order valence-electron chi connectivity index (χ2n) is 4.01. The van der Waals surface area contributed by atoms with Crippen LogP contribution in [0.2, 0.25) is 0 Å². The first-order chi connectivity index (χ1) is 9.83. The van der Waals surface area contributed by atoms with Gasteiger partial charge in [0.1, 0.15) is 0 Å². The minimum atomic E-state index is -3.95. The standard InChI is InChI=1S/C11H13N5O3S2/c1-20-11-14-9(13)8(10(17)15-11)16-21(18,19)7-4-2-6(12)3-5-7/h2-5,16H,12H2,1H3,(H3,13,14,15,17). The summed E-state index contributed by atoms with van der Waals surface area (Å²) in [5, 5.41) is 0.299. The van der Waals surface area contributed by atoms with Gasteiger partial charge in [-0.25, -0.2) is 13.4 Å². The summed E-state index contributed by atoms with van der Waals surface area (Å²) < 4.78 is 26.5. The highest BCUT2D eigenvalue weighted by Gasteiger charge is 2.18. The number of nitrogens with two attached hydrogens (primary N) is 2. The molecule has 0 saturated heterocycles. The highest BCUT2D eigenvalue weighted by Crippen LogP contribution is 2.19. The van der Waals surface area contributed by atoms with Crippen molar-refractivity contribution >= 4 is 39.0 Å². The van der Waals surface area contributed by atoms with Crippen LogP contribution in [0.1, 0.15) is 0 Å². The zero-order valence-corrected chi connectivity index (χ0v) is 12.6. The molecule has 8 nitrogen and oxygen atoms in total. The molecule has 6 N–H and O–H groups in total. The van der Waals surface area contributed by atoms with E-state index in [4.69, 9.17) is 11.5 Å². The Bertz CT molecular complexity index is 815. The zero-order valence-electron chi connectivity index (χ0n) is 11.0. The molecule has 10 heteroatoms. The predicted molar refractivity (Wildman–Crippen MR) is 82.7 cm³/mol. The lowest BCUT2D eigenvalue weighted by molar-refractivity contribution is 0.601. The number of nitrogens with zero attached hydrogens (tertiary/aromatic N) is 1. The summed E-state index contributed by atoms with van der Waals surface area (Å²) in [6.07, 6.45) is 1.70. The topological polar surface area (TPSA) is 144 Å². The van der Waals surface area contributed by atoms with Gasteiger partial charge in [0.2, 0.25) is 0 Å². The monoisotopic (exact) mass is 327 g/mol. The highest BCUT2D eigenvalue weighted by molar-refractivity contribution is 7.98. The van der Waals surface area contributed by atoms with Crippen LogP contribution in [-0.4, -0.2) is 24.6 Å². The van der Waals surface area contributed by atoms with E-state index in [0.29, 0.717) is 10.8 Å². The van der Waals surface area contributed by atoms with Crippen molar-refractivity contribution in [2.45, 2.75) is 10.1 Å². The molecule has 0 aliphatic rings. The van der Waals surface area contributed by atoms with E-state index in [1.807, 2.05) is 0 Å². The molecule has 1 heterocycles. The van der Waals surface area contributed by atoms with Crippen LogP contribution in [0, 0.1) is 0 Å². The number of anilines is 3. The molecule has 2 rings (SSSR count). The number of rotatable bonds is 4. The molecule has 1 aromatic carbocycles. The number of sulfonamides is 1. The quantitative estimate of drug-likeness (QED) is 0.362. The lowest BCUT2D eigenvalue weighted by atomic mass is 10.3. The first kappa shape index (κ1) is 15.2. The minimum Gasteiger partial charge on any atom is -0.399 e. The van der Waals surface area contributed by atoms with Crippen molar-refractivity contribution in [1.82, 2.24) is 9.97 Å². The SMILES string of the molecule is CSc1nc(N)c(NS(=O)(=O)c2ccc(N)cc2)c(=O)[nH]1. The summed E-state index contributed by atoms with van der Waals surface area (Å²) in [5.41, 5.74) is 10.6. The fourth-order valence-corrected chi connectivity index (χ4v) is 2.97. The molecule has 0 aliphatic heterocycles. The predicted octanol–water partition coefficient (Wildman–Crippen LogP) is 0.457. The van der Waals surface area contributed by atoms with E-state index < -0.39 is 15.6 Å². The van der Waals surface area contributed by atoms with E-state index in [2.05, 4.69) is 14.7 Å². The molecular formula is C11H13N5O3S2. The second-order valence-corrected chi connectivity index (χ2v) is 6.49. The van der Waals surface area contributed by atoms with E-state index in [9.17, 15) is 13.2 Å². The van der Waals surface area contributed by atoms with Crippen LogP contribution in [0.25, 0.3) is 0 Å². The molecule has 0 saturated carbocycles. The molecule has 0 bridgehead atoms. The Labute approximate surface area is 125 Å². The van der Waals surface area contributed by atoms with Crippen molar-refractivity contribution in [2.75, 3.05) is 22.4 Å². The molecule has 0 amide bonds. The fourth-order valence-electron chi connectivity index (χ4n) is 1.50. The summed E-state index contributed by atoms with van der Waals surface area (Å²) in [6.45, 7) is 0. The number of nitrogen functional groups attached to an aromatic ring is 2. The molecule has 0 fully saturated rings. The number of H-pyrrole nitrogens is 1. The Morgan fingerprint density at radius 2 is 1.86 bits per heavy atom. The Hall–Kier alpha value is -2.20. The van der Waals surface area contributed by atoms with Gasteiger partial charge in [-0.05, 0) is 30.5 Å². The van der Waals surface area contributed by atoms with Gasteiger partial charge in [-0.2, -0.15) is 0 Å². The third-order valence-corrected chi connectivity index (χ3v) is 4.49. The van der Waals surface area contributed by atoms with Crippen LogP contribution >= 0.6 is 11.8 Å². The lowest BCUT2D eigenvalue weighted by Gasteiger charge is -2.09. The number of nitrogens with one attached hydrogen (secondary N) is 2. The van der Waals surface area contributed by atoms with Crippen molar-refractivity contribution in [3.8, 4) is 0 Å². The summed E-state index contributed by atoms with van der Waals surface area (Å²) >= 11 is 1.18. The first-order valence-electron chi connectivity index (χ1n) is 5.65. The molecule has 2 aromatic rings. The third-order valence-electron chi connectivity index (χ3n) is 2.55. The van der Waals surface area contributed by atoms with Crippen LogP contribution in [-0.2, 0) is 10.0 Å². The van der Waals surface area contributed by atoms with Crippen LogP contribution in [0.15, 0.2) is 39.1 Å². The number of hydrogen-bond donors (Lipinski definition) is 4. The average molecular weight is 327 g/mol. The number of aromatic nitrogens is 2. The van der Waals surface area contributed by atoms with Gasteiger partial charge in [-0.1, -0.05) is 11.8 Å². The minimum absolute atomic E-state index is 0.0376. The van der Waals surface area contributed by atoms with Crippen LogP contribution in [0.5, 0.6) is 0 Å². The Morgan fingerprint density at radius 1 is 1.24 bits per heavy atom. The van der Waals surface area contributed by atoms with Crippen molar-refractivity contribution < 1.29 is 8.42 Å². The van der Waals surface area contributed by atoms with Crippen molar-refractivity contribution in [2.24, 2.45) is 0 Å². The van der Waals surface area contributed by atoms with Crippen LogP contribution in [0.4, 0.5) is 17.2 Å². The Morgan fingerprint density at radius 3 is 2.38 bits per heavy atom. The van der Waals surface area contributed by atoms with Gasteiger partial charge in [0.25, 0.3) is 15.6 Å². The fraction of sp³-hybridized carbons (Fsp3) is 0.0909. The number of thioether (sulfide) groups is 1. The van der Waals surface area contributed by atoms with Gasteiger partial charge in [-0.3, -0.25) is 14.5 Å². The van der Waals surface area contributed by atoms with E-state index in [1.54, 1.807) is 6.26 Å². The first-order valence-corrected chi connectivity index (χ1v) is 8.36. The van der Waals surface area contributed by atoms with Gasteiger partial charge in [-0.15, -0.1) is 0 Å². The Balaban J connectivity index is 2.42. The second kappa shape index (κ2) is 5.66. The van der Waals surface area contributed by atoms with E-state index in [1.165, 1.54) is 36.0 Å².